The summed E-state index contributed by atoms with van der Waals surface area (Å²) in [6, 6.07) is 1.89. The minimum atomic E-state index is 0.160. The fraction of sp³-hybridized carbons (Fsp3) is 0.636. The first-order chi connectivity index (χ1) is 7.52. The van der Waals surface area contributed by atoms with Gasteiger partial charge in [-0.3, -0.25) is 0 Å². The van der Waals surface area contributed by atoms with E-state index in [1.54, 1.807) is 13.0 Å². The first-order valence-corrected chi connectivity index (χ1v) is 5.79. The number of halogens is 1. The number of anilines is 1. The predicted octanol–water partition coefficient (Wildman–Crippen LogP) is 2.26. The third kappa shape index (κ3) is 3.94. The lowest BCUT2D eigenvalue weighted by Gasteiger charge is -2.22. The van der Waals surface area contributed by atoms with Crippen LogP contribution in [0, 0.1) is 12.8 Å². The van der Waals surface area contributed by atoms with Crippen molar-refractivity contribution in [3.05, 3.63) is 17.0 Å². The van der Waals surface area contributed by atoms with Gasteiger partial charge in [-0.15, -0.1) is 0 Å². The average molecular weight is 244 g/mol. The largest absolute Gasteiger partial charge is 0.396 e. The van der Waals surface area contributed by atoms with Crippen molar-refractivity contribution in [3.8, 4) is 0 Å². The van der Waals surface area contributed by atoms with Gasteiger partial charge < -0.3 is 10.4 Å². The third-order valence-electron chi connectivity index (χ3n) is 2.38. The summed E-state index contributed by atoms with van der Waals surface area (Å²) in [6.45, 7) is 6.16. The van der Waals surface area contributed by atoms with Gasteiger partial charge in [0.05, 0.1) is 0 Å². The molecule has 1 atom stereocenters. The summed E-state index contributed by atoms with van der Waals surface area (Å²) in [5.74, 6) is 1.77. The second-order valence-corrected chi connectivity index (χ2v) is 4.52. The Labute approximate surface area is 101 Å². The number of nitrogens with one attached hydrogen (secondary N) is 1. The Morgan fingerprint density at radius 3 is 2.62 bits per heavy atom. The Balaban J connectivity index is 2.76. The molecule has 4 nitrogen and oxygen atoms in total. The Morgan fingerprint density at radius 1 is 1.44 bits per heavy atom. The van der Waals surface area contributed by atoms with Crippen molar-refractivity contribution in [1.82, 2.24) is 9.97 Å². The fourth-order valence-electron chi connectivity index (χ4n) is 1.51. The van der Waals surface area contributed by atoms with E-state index in [4.69, 9.17) is 16.7 Å². The molecular formula is C11H18ClN3O. The Bertz CT molecular complexity index is 324. The van der Waals surface area contributed by atoms with Gasteiger partial charge in [-0.2, -0.15) is 0 Å². The van der Waals surface area contributed by atoms with Gasteiger partial charge in [0.25, 0.3) is 0 Å². The van der Waals surface area contributed by atoms with Crippen molar-refractivity contribution >= 4 is 17.4 Å². The molecule has 0 radical (unpaired) electrons. The van der Waals surface area contributed by atoms with Crippen LogP contribution >= 0.6 is 11.6 Å². The zero-order chi connectivity index (χ0) is 12.1. The highest BCUT2D eigenvalue weighted by atomic mass is 35.5. The van der Waals surface area contributed by atoms with Gasteiger partial charge in [-0.05, 0) is 19.3 Å². The molecule has 1 rings (SSSR count). The number of aliphatic hydroxyl groups is 1. The van der Waals surface area contributed by atoms with Gasteiger partial charge in [-0.25, -0.2) is 9.97 Å². The van der Waals surface area contributed by atoms with Crippen LogP contribution in [0.1, 0.15) is 26.1 Å². The highest BCUT2D eigenvalue weighted by molar-refractivity contribution is 6.29. The molecule has 90 valence electrons. The van der Waals surface area contributed by atoms with Crippen LogP contribution in [0.3, 0.4) is 0 Å². The molecular weight excluding hydrogens is 226 g/mol. The quantitative estimate of drug-likeness (QED) is 0.779. The van der Waals surface area contributed by atoms with Crippen molar-refractivity contribution in [2.75, 3.05) is 11.9 Å². The Hall–Kier alpha value is -0.870. The highest BCUT2D eigenvalue weighted by Crippen LogP contribution is 2.16. The van der Waals surface area contributed by atoms with Crippen molar-refractivity contribution in [2.24, 2.45) is 5.92 Å². The van der Waals surface area contributed by atoms with Crippen LogP contribution in [0.5, 0.6) is 0 Å². The van der Waals surface area contributed by atoms with Crippen molar-refractivity contribution in [2.45, 2.75) is 33.2 Å². The van der Waals surface area contributed by atoms with E-state index >= 15 is 0 Å². The van der Waals surface area contributed by atoms with E-state index in [-0.39, 0.29) is 12.6 Å². The summed E-state index contributed by atoms with van der Waals surface area (Å²) in [5.41, 5.74) is 0. The molecule has 0 amide bonds. The summed E-state index contributed by atoms with van der Waals surface area (Å²) < 4.78 is 0. The summed E-state index contributed by atoms with van der Waals surface area (Å²) in [4.78, 5) is 8.25. The summed E-state index contributed by atoms with van der Waals surface area (Å²) in [6.07, 6.45) is 0.693. The maximum Gasteiger partial charge on any atom is 0.134 e. The molecule has 1 aromatic rings. The predicted molar refractivity (Wildman–Crippen MR) is 65.7 cm³/mol. The van der Waals surface area contributed by atoms with Crippen molar-refractivity contribution < 1.29 is 5.11 Å². The molecule has 1 aromatic heterocycles. The van der Waals surface area contributed by atoms with Gasteiger partial charge in [0.2, 0.25) is 0 Å². The molecule has 0 saturated heterocycles. The lowest BCUT2D eigenvalue weighted by Crippen LogP contribution is -2.27. The van der Waals surface area contributed by atoms with Crippen LogP contribution in [0.25, 0.3) is 0 Å². The van der Waals surface area contributed by atoms with Crippen LogP contribution in [0.4, 0.5) is 5.82 Å². The van der Waals surface area contributed by atoms with Gasteiger partial charge in [0.15, 0.2) is 0 Å². The topological polar surface area (TPSA) is 58.0 Å². The molecule has 0 fully saturated rings. The number of aryl methyl sites for hydroxylation is 1. The standard InChI is InChI=1S/C11H18ClN3O/c1-7(2)9(4-5-16)15-11-6-10(12)13-8(3)14-11/h6-7,9,16H,4-5H2,1-3H3,(H,13,14,15). The van der Waals surface area contributed by atoms with E-state index in [9.17, 15) is 0 Å². The maximum atomic E-state index is 8.97. The number of aromatic nitrogens is 2. The van der Waals surface area contributed by atoms with Crippen LogP contribution in [-0.4, -0.2) is 27.7 Å². The average Bonchev–Trinajstić information content (AvgIpc) is 2.15. The molecule has 1 heterocycles. The van der Waals surface area contributed by atoms with Gasteiger partial charge >= 0.3 is 0 Å². The number of hydrogen-bond acceptors (Lipinski definition) is 4. The third-order valence-corrected chi connectivity index (χ3v) is 2.58. The van der Waals surface area contributed by atoms with E-state index in [0.29, 0.717) is 29.1 Å². The molecule has 0 aromatic carbocycles. The van der Waals surface area contributed by atoms with E-state index in [1.165, 1.54) is 0 Å². The van der Waals surface area contributed by atoms with Crippen LogP contribution in [-0.2, 0) is 0 Å². The zero-order valence-corrected chi connectivity index (χ0v) is 10.6. The number of nitrogens with zero attached hydrogens (tertiary/aromatic N) is 2. The first kappa shape index (κ1) is 13.2. The summed E-state index contributed by atoms with van der Waals surface area (Å²) >= 11 is 5.85. The van der Waals surface area contributed by atoms with E-state index < -0.39 is 0 Å². The minimum absolute atomic E-state index is 0.160. The number of rotatable bonds is 5. The normalized spacial score (nSPS) is 12.9. The molecule has 1 unspecified atom stereocenters. The molecule has 0 bridgehead atoms. The molecule has 0 saturated carbocycles. The molecule has 0 aliphatic carbocycles. The van der Waals surface area contributed by atoms with Gasteiger partial charge in [0.1, 0.15) is 16.8 Å². The number of aliphatic hydroxyl groups excluding tert-OH is 1. The van der Waals surface area contributed by atoms with Crippen LogP contribution in [0.15, 0.2) is 6.07 Å². The molecule has 5 heteroatoms. The lowest BCUT2D eigenvalue weighted by molar-refractivity contribution is 0.267. The molecule has 2 N–H and O–H groups in total. The van der Waals surface area contributed by atoms with Gasteiger partial charge in [-0.1, -0.05) is 25.4 Å². The highest BCUT2D eigenvalue weighted by Gasteiger charge is 2.13. The minimum Gasteiger partial charge on any atom is -0.396 e. The van der Waals surface area contributed by atoms with Crippen molar-refractivity contribution in [1.29, 1.82) is 0 Å². The fourth-order valence-corrected chi connectivity index (χ4v) is 1.73. The monoisotopic (exact) mass is 243 g/mol. The Kier molecular flexibility index (Phi) is 4.96. The lowest BCUT2D eigenvalue weighted by atomic mass is 10.0. The SMILES string of the molecule is Cc1nc(Cl)cc(NC(CCO)C(C)C)n1. The first-order valence-electron chi connectivity index (χ1n) is 5.41. The summed E-state index contributed by atoms with van der Waals surface area (Å²) in [5, 5.41) is 12.7. The second-order valence-electron chi connectivity index (χ2n) is 4.13. The zero-order valence-electron chi connectivity index (χ0n) is 9.87. The van der Waals surface area contributed by atoms with Crippen molar-refractivity contribution in [3.63, 3.8) is 0 Å². The summed E-state index contributed by atoms with van der Waals surface area (Å²) in [7, 11) is 0. The smallest absolute Gasteiger partial charge is 0.134 e. The van der Waals surface area contributed by atoms with E-state index in [2.05, 4.69) is 29.1 Å². The molecule has 16 heavy (non-hydrogen) atoms. The van der Waals surface area contributed by atoms with Gasteiger partial charge in [0, 0.05) is 18.7 Å². The maximum absolute atomic E-state index is 8.97. The second kappa shape index (κ2) is 6.01. The molecule has 0 spiro atoms. The molecule has 0 aliphatic rings. The number of hydrogen-bond donors (Lipinski definition) is 2. The van der Waals surface area contributed by atoms with Crippen LogP contribution < -0.4 is 5.32 Å². The molecule has 0 aliphatic heterocycles. The van der Waals surface area contributed by atoms with E-state index in [0.717, 1.165) is 0 Å². The van der Waals surface area contributed by atoms with Crippen LogP contribution in [0.2, 0.25) is 5.15 Å². The van der Waals surface area contributed by atoms with E-state index in [1.807, 2.05) is 0 Å². The Morgan fingerprint density at radius 2 is 2.12 bits per heavy atom.